The second-order valence-corrected chi connectivity index (χ2v) is 7.83. The number of ether oxygens (including phenoxy) is 2. The van der Waals surface area contributed by atoms with Crippen molar-refractivity contribution >= 4 is 23.4 Å². The van der Waals surface area contributed by atoms with E-state index in [9.17, 15) is 9.46 Å². The van der Waals surface area contributed by atoms with Gasteiger partial charge >= 0.3 is 0 Å². The maximum atomic E-state index is 12.2. The van der Waals surface area contributed by atoms with Gasteiger partial charge in [-0.25, -0.2) is 0 Å². The molecule has 2 rings (SSSR count). The summed E-state index contributed by atoms with van der Waals surface area (Å²) in [6.45, 7) is 0.397. The number of hydrogen-bond acceptors (Lipinski definition) is 6. The lowest BCUT2D eigenvalue weighted by molar-refractivity contribution is -0.205. The maximum absolute atomic E-state index is 12.2. The summed E-state index contributed by atoms with van der Waals surface area (Å²) in [4.78, 5) is 12.2. The SMILES string of the molecule is [B][C@@H]1C[C@H](COC)[C@@H](NP(=O)([O-])OC[C@H]2O[C@@H]([B])C[C@@H]2NC)C1. The van der Waals surface area contributed by atoms with Gasteiger partial charge in [0.15, 0.2) is 0 Å². The molecule has 2 fully saturated rings. The number of likely N-dealkylation sites (N-methyl/N-ethyl adjacent to an activating group) is 1. The summed E-state index contributed by atoms with van der Waals surface area (Å²) in [6, 6.07) is -0.690. The van der Waals surface area contributed by atoms with Crippen molar-refractivity contribution in [1.82, 2.24) is 10.4 Å². The van der Waals surface area contributed by atoms with E-state index in [1.54, 1.807) is 14.2 Å². The van der Waals surface area contributed by atoms with Gasteiger partial charge in [-0.3, -0.25) is 9.65 Å². The van der Waals surface area contributed by atoms with Gasteiger partial charge in [-0.15, -0.1) is 0 Å². The molecule has 2 N–H and O–H groups in total. The Kier molecular flexibility index (Phi) is 7.17. The molecule has 2 aliphatic rings. The van der Waals surface area contributed by atoms with Crippen LogP contribution in [0, 0.1) is 5.92 Å². The molecule has 0 aromatic heterocycles. The van der Waals surface area contributed by atoms with Crippen molar-refractivity contribution in [2.45, 2.75) is 49.3 Å². The highest BCUT2D eigenvalue weighted by molar-refractivity contribution is 7.49. The summed E-state index contributed by atoms with van der Waals surface area (Å²) in [5.41, 5.74) is 0. The van der Waals surface area contributed by atoms with Crippen LogP contribution in [0.5, 0.6) is 0 Å². The molecule has 0 spiro atoms. The Morgan fingerprint density at radius 1 is 1.26 bits per heavy atom. The molecule has 23 heavy (non-hydrogen) atoms. The van der Waals surface area contributed by atoms with E-state index in [2.05, 4.69) is 10.4 Å². The van der Waals surface area contributed by atoms with Crippen LogP contribution in [0.2, 0.25) is 5.82 Å². The van der Waals surface area contributed by atoms with Gasteiger partial charge in [0.25, 0.3) is 0 Å². The first kappa shape index (κ1) is 19.4. The second kappa shape index (κ2) is 8.48. The van der Waals surface area contributed by atoms with Crippen molar-refractivity contribution in [3.63, 3.8) is 0 Å². The van der Waals surface area contributed by atoms with Crippen molar-refractivity contribution in [3.05, 3.63) is 0 Å². The van der Waals surface area contributed by atoms with Gasteiger partial charge in [0.1, 0.15) is 7.85 Å². The fraction of sp³-hybridized carbons (Fsp3) is 1.00. The van der Waals surface area contributed by atoms with Gasteiger partial charge < -0.3 is 24.2 Å². The molecule has 1 saturated heterocycles. The minimum Gasteiger partial charge on any atom is -0.766 e. The van der Waals surface area contributed by atoms with Crippen LogP contribution in [0.4, 0.5) is 0 Å². The first-order valence-electron chi connectivity index (χ1n) is 7.91. The molecular formula is C13H24B2N2O5P-. The standard InChI is InChI=1S/C13H25B2N2O5P/c1-16-11-5-13(15)22-12(11)7-21-23(18,19)17-10-4-9(14)3-8(10)6-20-2/h8-13,16H,3-7H2,1-2H3,(H2,17,18,19)/p-1/t8-,9-,10+,11+,12-,13-/m1/s1. The molecule has 7 nitrogen and oxygen atoms in total. The predicted molar refractivity (Wildman–Crippen MR) is 86.5 cm³/mol. The highest BCUT2D eigenvalue weighted by atomic mass is 31.2. The molecule has 0 aromatic carbocycles. The van der Waals surface area contributed by atoms with Crippen LogP contribution >= 0.6 is 7.75 Å². The van der Waals surface area contributed by atoms with Gasteiger partial charge in [0.05, 0.1) is 27.2 Å². The lowest BCUT2D eigenvalue weighted by atomic mass is 9.85. The van der Waals surface area contributed by atoms with Crippen LogP contribution in [-0.4, -0.2) is 67.3 Å². The quantitative estimate of drug-likeness (QED) is 0.446. The first-order valence-corrected chi connectivity index (χ1v) is 9.45. The molecule has 1 aliphatic heterocycles. The van der Waals surface area contributed by atoms with Crippen molar-refractivity contribution in [2.75, 3.05) is 27.4 Å². The van der Waals surface area contributed by atoms with Crippen LogP contribution in [0.1, 0.15) is 19.3 Å². The van der Waals surface area contributed by atoms with Crippen LogP contribution < -0.4 is 15.3 Å². The number of methoxy groups -OCH3 is 1. The largest absolute Gasteiger partial charge is 0.766 e. The average Bonchev–Trinajstić information content (AvgIpc) is 2.99. The predicted octanol–water partition coefficient (Wildman–Crippen LogP) is -0.685. The van der Waals surface area contributed by atoms with Gasteiger partial charge in [-0.1, -0.05) is 12.2 Å². The zero-order chi connectivity index (χ0) is 17.0. The minimum atomic E-state index is -4.20. The molecule has 128 valence electrons. The third-order valence-electron chi connectivity index (χ3n) is 4.50. The lowest BCUT2D eigenvalue weighted by Crippen LogP contribution is -2.39. The van der Waals surface area contributed by atoms with Crippen molar-refractivity contribution in [2.24, 2.45) is 5.92 Å². The third-order valence-corrected chi connectivity index (χ3v) is 5.64. The van der Waals surface area contributed by atoms with E-state index in [4.69, 9.17) is 29.7 Å². The Labute approximate surface area is 140 Å². The van der Waals surface area contributed by atoms with E-state index in [1.165, 1.54) is 0 Å². The van der Waals surface area contributed by atoms with E-state index in [0.29, 0.717) is 19.4 Å². The summed E-state index contributed by atoms with van der Waals surface area (Å²) in [6.07, 6.45) is 1.54. The van der Waals surface area contributed by atoms with E-state index in [1.807, 2.05) is 0 Å². The zero-order valence-corrected chi connectivity index (χ0v) is 14.5. The molecule has 0 bridgehead atoms. The molecule has 1 heterocycles. The Balaban J connectivity index is 1.85. The highest BCUT2D eigenvalue weighted by Crippen LogP contribution is 2.41. The number of nitrogens with one attached hydrogen (secondary N) is 2. The van der Waals surface area contributed by atoms with Crippen molar-refractivity contribution < 1.29 is 23.5 Å². The molecule has 0 amide bonds. The molecule has 1 aliphatic carbocycles. The summed E-state index contributed by atoms with van der Waals surface area (Å²) >= 11 is 0. The third kappa shape index (κ3) is 5.56. The van der Waals surface area contributed by atoms with Gasteiger partial charge in [-0.2, -0.15) is 0 Å². The Morgan fingerprint density at radius 3 is 2.65 bits per heavy atom. The zero-order valence-electron chi connectivity index (χ0n) is 13.6. The van der Waals surface area contributed by atoms with Crippen molar-refractivity contribution in [3.8, 4) is 0 Å². The highest BCUT2D eigenvalue weighted by Gasteiger charge is 2.35. The Bertz CT molecular complexity index is 433. The molecule has 0 aromatic rings. The fourth-order valence-corrected chi connectivity index (χ4v) is 4.51. The van der Waals surface area contributed by atoms with E-state index >= 15 is 0 Å². The lowest BCUT2D eigenvalue weighted by Gasteiger charge is -2.31. The smallest absolute Gasteiger partial charge is 0.204 e. The van der Waals surface area contributed by atoms with Crippen LogP contribution in [0.25, 0.3) is 0 Å². The van der Waals surface area contributed by atoms with Crippen molar-refractivity contribution in [1.29, 1.82) is 0 Å². The first-order chi connectivity index (χ1) is 10.8. The molecule has 4 radical (unpaired) electrons. The summed E-state index contributed by atoms with van der Waals surface area (Å²) in [7, 11) is 10.8. The monoisotopic (exact) mass is 341 g/mol. The number of rotatable bonds is 8. The van der Waals surface area contributed by atoms with Crippen LogP contribution in [0.3, 0.4) is 0 Å². The summed E-state index contributed by atoms with van der Waals surface area (Å²) in [5, 5.41) is 5.65. The van der Waals surface area contributed by atoms with E-state index < -0.39 is 13.7 Å². The van der Waals surface area contributed by atoms with Crippen LogP contribution in [0.15, 0.2) is 0 Å². The molecular weight excluding hydrogens is 317 g/mol. The molecule has 10 heteroatoms. The normalized spacial score (nSPS) is 40.3. The van der Waals surface area contributed by atoms with Gasteiger partial charge in [0, 0.05) is 25.2 Å². The Morgan fingerprint density at radius 2 is 2.00 bits per heavy atom. The Hall–Kier alpha value is 0.120. The van der Waals surface area contributed by atoms with E-state index in [0.717, 1.165) is 6.42 Å². The molecule has 1 saturated carbocycles. The number of hydrogen-bond donors (Lipinski definition) is 2. The minimum absolute atomic E-state index is 0.0221. The molecule has 1 unspecified atom stereocenters. The molecule has 7 atom stereocenters. The maximum Gasteiger partial charge on any atom is 0.204 e. The van der Waals surface area contributed by atoms with E-state index in [-0.39, 0.29) is 36.5 Å². The summed E-state index contributed by atoms with van der Waals surface area (Å²) < 4.78 is 27.9. The summed E-state index contributed by atoms with van der Waals surface area (Å²) in [5.74, 6) is 0.0274. The van der Waals surface area contributed by atoms with Crippen LogP contribution in [-0.2, 0) is 18.6 Å². The second-order valence-electron chi connectivity index (χ2n) is 6.32. The van der Waals surface area contributed by atoms with Gasteiger partial charge in [-0.05, 0) is 25.8 Å². The fourth-order valence-electron chi connectivity index (χ4n) is 3.37. The average molecular weight is 341 g/mol. The van der Waals surface area contributed by atoms with Gasteiger partial charge in [0.2, 0.25) is 7.75 Å². The topological polar surface area (TPSA) is 91.9 Å².